The number of amides is 1. The van der Waals surface area contributed by atoms with Crippen LogP contribution in [-0.2, 0) is 4.79 Å². The third kappa shape index (κ3) is 4.92. The van der Waals surface area contributed by atoms with E-state index in [-0.39, 0.29) is 23.7 Å². The lowest BCUT2D eigenvalue weighted by atomic mass is 9.97. The predicted octanol–water partition coefficient (Wildman–Crippen LogP) is 2.22. The van der Waals surface area contributed by atoms with E-state index in [1.54, 1.807) is 0 Å². The van der Waals surface area contributed by atoms with Gasteiger partial charge in [-0.1, -0.05) is 6.07 Å². The molecule has 1 aromatic carbocycles. The van der Waals surface area contributed by atoms with Crippen LogP contribution in [0.4, 0.5) is 4.39 Å². The van der Waals surface area contributed by atoms with Gasteiger partial charge in [-0.05, 0) is 57.8 Å². The summed E-state index contributed by atoms with van der Waals surface area (Å²) in [5.74, 6) is 0.233. The number of piperidine rings is 1. The van der Waals surface area contributed by atoms with Crippen molar-refractivity contribution in [2.45, 2.75) is 38.1 Å². The normalized spacial score (nSPS) is 24.2. The lowest BCUT2D eigenvalue weighted by Gasteiger charge is -2.31. The van der Waals surface area contributed by atoms with E-state index in [9.17, 15) is 9.18 Å². The molecule has 6 heteroatoms. The van der Waals surface area contributed by atoms with Crippen molar-refractivity contribution in [1.29, 1.82) is 0 Å². The summed E-state index contributed by atoms with van der Waals surface area (Å²) in [5.41, 5.74) is 6.48. The standard InChI is InChI=1S/C19H28FN3O2/c20-15-6-7-16-17(5-2-11-25-18(16)12-15)22-8-3-10-23-9-1-4-14(13-23)19(21)24/h6-7,12,14,17,22H,1-5,8-11,13H2,(H2,21,24). The molecular formula is C19H28FN3O2. The minimum atomic E-state index is -0.256. The van der Waals surface area contributed by atoms with Crippen molar-refractivity contribution in [2.75, 3.05) is 32.8 Å². The number of hydrogen-bond donors (Lipinski definition) is 2. The van der Waals surface area contributed by atoms with Crippen molar-refractivity contribution < 1.29 is 13.9 Å². The van der Waals surface area contributed by atoms with E-state index in [1.165, 1.54) is 12.1 Å². The van der Waals surface area contributed by atoms with Crippen LogP contribution >= 0.6 is 0 Å². The summed E-state index contributed by atoms with van der Waals surface area (Å²) in [6.45, 7) is 4.32. The Labute approximate surface area is 148 Å². The predicted molar refractivity (Wildman–Crippen MR) is 94.8 cm³/mol. The average molecular weight is 349 g/mol. The molecule has 0 bridgehead atoms. The maximum atomic E-state index is 13.4. The number of carbonyl (C=O) groups is 1. The monoisotopic (exact) mass is 349 g/mol. The Balaban J connectivity index is 1.47. The van der Waals surface area contributed by atoms with Crippen LogP contribution in [0.15, 0.2) is 18.2 Å². The van der Waals surface area contributed by atoms with E-state index in [1.807, 2.05) is 6.07 Å². The smallest absolute Gasteiger partial charge is 0.221 e. The number of nitrogens with zero attached hydrogens (tertiary/aromatic N) is 1. The van der Waals surface area contributed by atoms with E-state index in [0.29, 0.717) is 12.4 Å². The first-order valence-electron chi connectivity index (χ1n) is 9.31. The number of ether oxygens (including phenoxy) is 1. The van der Waals surface area contributed by atoms with Crippen molar-refractivity contribution in [2.24, 2.45) is 11.7 Å². The third-order valence-electron chi connectivity index (χ3n) is 5.20. The second-order valence-corrected chi connectivity index (χ2v) is 7.08. The number of carbonyl (C=O) groups excluding carboxylic acids is 1. The van der Waals surface area contributed by atoms with Crippen LogP contribution in [0.2, 0.25) is 0 Å². The molecule has 1 aromatic rings. The van der Waals surface area contributed by atoms with Crippen molar-refractivity contribution in [3.8, 4) is 5.75 Å². The maximum absolute atomic E-state index is 13.4. The topological polar surface area (TPSA) is 67.6 Å². The SMILES string of the molecule is NC(=O)C1CCCN(CCCNC2CCCOc3cc(F)ccc32)C1. The van der Waals surface area contributed by atoms with Crippen LogP contribution in [0.1, 0.15) is 43.7 Å². The van der Waals surface area contributed by atoms with Gasteiger partial charge in [-0.2, -0.15) is 0 Å². The Morgan fingerprint density at radius 3 is 3.08 bits per heavy atom. The van der Waals surface area contributed by atoms with Gasteiger partial charge in [-0.25, -0.2) is 4.39 Å². The minimum absolute atomic E-state index is 0.00230. The highest BCUT2D eigenvalue weighted by Crippen LogP contribution is 2.32. The Morgan fingerprint density at radius 1 is 1.36 bits per heavy atom. The van der Waals surface area contributed by atoms with Crippen LogP contribution in [0.5, 0.6) is 5.75 Å². The number of nitrogens with one attached hydrogen (secondary N) is 1. The summed E-state index contributed by atoms with van der Waals surface area (Å²) in [6, 6.07) is 5.01. The van der Waals surface area contributed by atoms with Crippen molar-refractivity contribution in [3.05, 3.63) is 29.6 Å². The first-order chi connectivity index (χ1) is 12.1. The van der Waals surface area contributed by atoms with Gasteiger partial charge in [0, 0.05) is 24.2 Å². The van der Waals surface area contributed by atoms with Gasteiger partial charge in [0.15, 0.2) is 0 Å². The van der Waals surface area contributed by atoms with E-state index < -0.39 is 0 Å². The summed E-state index contributed by atoms with van der Waals surface area (Å²) in [4.78, 5) is 13.7. The van der Waals surface area contributed by atoms with Crippen LogP contribution in [-0.4, -0.2) is 43.6 Å². The highest BCUT2D eigenvalue weighted by Gasteiger charge is 2.24. The summed E-state index contributed by atoms with van der Waals surface area (Å²) in [6.07, 6.45) is 4.92. The molecule has 2 atom stereocenters. The lowest BCUT2D eigenvalue weighted by molar-refractivity contribution is -0.123. The van der Waals surface area contributed by atoms with Gasteiger partial charge in [0.2, 0.25) is 5.91 Å². The highest BCUT2D eigenvalue weighted by molar-refractivity contribution is 5.76. The number of benzene rings is 1. The first kappa shape index (κ1) is 18.1. The van der Waals surface area contributed by atoms with Crippen molar-refractivity contribution in [1.82, 2.24) is 10.2 Å². The Bertz CT molecular complexity index is 596. The fourth-order valence-electron chi connectivity index (χ4n) is 3.83. The average Bonchev–Trinajstić information content (AvgIpc) is 2.80. The third-order valence-corrected chi connectivity index (χ3v) is 5.20. The van der Waals surface area contributed by atoms with Gasteiger partial charge in [0.25, 0.3) is 0 Å². The molecule has 2 aliphatic rings. The number of fused-ring (bicyclic) bond motifs is 1. The summed E-state index contributed by atoms with van der Waals surface area (Å²) in [7, 11) is 0. The molecule has 0 saturated carbocycles. The molecule has 1 amide bonds. The number of nitrogens with two attached hydrogens (primary N) is 1. The van der Waals surface area contributed by atoms with Gasteiger partial charge in [0.1, 0.15) is 11.6 Å². The Kier molecular flexibility index (Phi) is 6.26. The van der Waals surface area contributed by atoms with Crippen LogP contribution in [0.25, 0.3) is 0 Å². The number of primary amides is 1. The second kappa shape index (κ2) is 8.63. The van der Waals surface area contributed by atoms with Crippen molar-refractivity contribution >= 4 is 5.91 Å². The zero-order chi connectivity index (χ0) is 17.6. The molecule has 0 aliphatic carbocycles. The van der Waals surface area contributed by atoms with Gasteiger partial charge < -0.3 is 20.7 Å². The van der Waals surface area contributed by atoms with Gasteiger partial charge in [-0.15, -0.1) is 0 Å². The number of halogens is 1. The van der Waals surface area contributed by atoms with Crippen LogP contribution in [0, 0.1) is 11.7 Å². The molecule has 138 valence electrons. The minimum Gasteiger partial charge on any atom is -0.493 e. The molecule has 25 heavy (non-hydrogen) atoms. The van der Waals surface area contributed by atoms with E-state index in [4.69, 9.17) is 10.5 Å². The molecule has 5 nitrogen and oxygen atoms in total. The van der Waals surface area contributed by atoms with Gasteiger partial charge in [-0.3, -0.25) is 4.79 Å². The fourth-order valence-corrected chi connectivity index (χ4v) is 3.83. The highest BCUT2D eigenvalue weighted by atomic mass is 19.1. The number of likely N-dealkylation sites (tertiary alicyclic amines) is 1. The van der Waals surface area contributed by atoms with Crippen LogP contribution in [0.3, 0.4) is 0 Å². The summed E-state index contributed by atoms with van der Waals surface area (Å²) >= 11 is 0. The lowest BCUT2D eigenvalue weighted by Crippen LogP contribution is -2.42. The molecule has 1 fully saturated rings. The first-order valence-corrected chi connectivity index (χ1v) is 9.31. The molecule has 0 spiro atoms. The summed E-state index contributed by atoms with van der Waals surface area (Å²) < 4.78 is 19.1. The van der Waals surface area contributed by atoms with E-state index in [0.717, 1.165) is 63.8 Å². The molecule has 2 heterocycles. The summed E-state index contributed by atoms with van der Waals surface area (Å²) in [5, 5.41) is 3.59. The zero-order valence-electron chi connectivity index (χ0n) is 14.7. The quantitative estimate of drug-likeness (QED) is 0.773. The fraction of sp³-hybridized carbons (Fsp3) is 0.632. The number of hydrogen-bond acceptors (Lipinski definition) is 4. The van der Waals surface area contributed by atoms with E-state index in [2.05, 4.69) is 10.2 Å². The maximum Gasteiger partial charge on any atom is 0.221 e. The molecule has 2 unspecified atom stereocenters. The molecule has 3 N–H and O–H groups in total. The molecule has 0 radical (unpaired) electrons. The molecular weight excluding hydrogens is 321 g/mol. The zero-order valence-corrected chi connectivity index (χ0v) is 14.7. The van der Waals surface area contributed by atoms with Gasteiger partial charge in [0.05, 0.1) is 12.5 Å². The Hall–Kier alpha value is -1.66. The molecule has 1 saturated heterocycles. The molecule has 3 rings (SSSR count). The van der Waals surface area contributed by atoms with Crippen LogP contribution < -0.4 is 15.8 Å². The number of rotatable bonds is 6. The largest absolute Gasteiger partial charge is 0.493 e. The molecule has 2 aliphatic heterocycles. The van der Waals surface area contributed by atoms with Crippen molar-refractivity contribution in [3.63, 3.8) is 0 Å². The van der Waals surface area contributed by atoms with E-state index >= 15 is 0 Å². The Morgan fingerprint density at radius 2 is 2.24 bits per heavy atom. The van der Waals surface area contributed by atoms with Gasteiger partial charge >= 0.3 is 0 Å². The molecule has 0 aromatic heterocycles. The second-order valence-electron chi connectivity index (χ2n) is 7.08.